The SMILES string of the molecule is Cc1cc(C(=O)Nc2ccc(-n3cccn3)cc2)c2c(C)nn(Cc3ccccc3)c2n1. The van der Waals surface area contributed by atoms with Crippen molar-refractivity contribution in [3.8, 4) is 5.69 Å². The van der Waals surface area contributed by atoms with Gasteiger partial charge in [0.25, 0.3) is 5.91 Å². The summed E-state index contributed by atoms with van der Waals surface area (Å²) in [7, 11) is 0. The normalized spacial score (nSPS) is 11.1. The number of amides is 1. The Morgan fingerprint density at radius 1 is 1.00 bits per heavy atom. The Morgan fingerprint density at radius 3 is 2.50 bits per heavy atom. The van der Waals surface area contributed by atoms with E-state index >= 15 is 0 Å². The number of hydrogen-bond acceptors (Lipinski definition) is 4. The molecule has 0 fully saturated rings. The Morgan fingerprint density at radius 2 is 1.78 bits per heavy atom. The van der Waals surface area contributed by atoms with Crippen LogP contribution >= 0.6 is 0 Å². The fourth-order valence-electron chi connectivity index (χ4n) is 3.84. The fraction of sp³-hybridized carbons (Fsp3) is 0.120. The standard InChI is InChI=1S/C25H22N6O/c1-17-15-22(25(32)28-20-9-11-21(12-10-20)30-14-6-13-26-30)23-18(2)29-31(24(23)27-17)16-19-7-4-3-5-8-19/h3-15H,16H2,1-2H3,(H,28,32). The van der Waals surface area contributed by atoms with E-state index in [0.717, 1.165) is 28.0 Å². The maximum absolute atomic E-state index is 13.2. The van der Waals surface area contributed by atoms with Crippen molar-refractivity contribution in [2.45, 2.75) is 20.4 Å². The van der Waals surface area contributed by atoms with Crippen molar-refractivity contribution < 1.29 is 4.79 Å². The van der Waals surface area contributed by atoms with Crippen LogP contribution in [0.2, 0.25) is 0 Å². The summed E-state index contributed by atoms with van der Waals surface area (Å²) in [6.07, 6.45) is 3.60. The van der Waals surface area contributed by atoms with Gasteiger partial charge in [0, 0.05) is 23.8 Å². The molecule has 0 aliphatic heterocycles. The summed E-state index contributed by atoms with van der Waals surface area (Å²) < 4.78 is 3.63. The van der Waals surface area contributed by atoms with Crippen LogP contribution in [0.5, 0.6) is 0 Å². The molecule has 2 aromatic carbocycles. The molecule has 0 bridgehead atoms. The summed E-state index contributed by atoms with van der Waals surface area (Å²) in [6, 6.07) is 21.4. The summed E-state index contributed by atoms with van der Waals surface area (Å²) in [5, 5.41) is 12.7. The van der Waals surface area contributed by atoms with Gasteiger partial charge in [0.05, 0.1) is 28.9 Å². The minimum atomic E-state index is -0.185. The van der Waals surface area contributed by atoms with E-state index in [1.807, 2.05) is 79.3 Å². The van der Waals surface area contributed by atoms with Crippen LogP contribution in [0.4, 0.5) is 5.69 Å². The molecule has 5 rings (SSSR count). The Balaban J connectivity index is 1.46. The van der Waals surface area contributed by atoms with Gasteiger partial charge in [0.15, 0.2) is 5.65 Å². The van der Waals surface area contributed by atoms with E-state index in [4.69, 9.17) is 4.98 Å². The van der Waals surface area contributed by atoms with E-state index < -0.39 is 0 Å². The zero-order valence-corrected chi connectivity index (χ0v) is 17.9. The zero-order valence-electron chi connectivity index (χ0n) is 17.9. The van der Waals surface area contributed by atoms with Gasteiger partial charge in [0.2, 0.25) is 0 Å². The molecule has 0 unspecified atom stereocenters. The number of aromatic nitrogens is 5. The molecular weight excluding hydrogens is 400 g/mol. The fourth-order valence-corrected chi connectivity index (χ4v) is 3.84. The van der Waals surface area contributed by atoms with Crippen molar-refractivity contribution in [3.05, 3.63) is 102 Å². The minimum Gasteiger partial charge on any atom is -0.322 e. The van der Waals surface area contributed by atoms with Gasteiger partial charge in [0.1, 0.15) is 0 Å². The van der Waals surface area contributed by atoms with Gasteiger partial charge in [-0.15, -0.1) is 0 Å². The van der Waals surface area contributed by atoms with Gasteiger partial charge >= 0.3 is 0 Å². The molecule has 0 aliphatic rings. The molecule has 0 saturated carbocycles. The number of nitrogens with one attached hydrogen (secondary N) is 1. The Bertz CT molecular complexity index is 1390. The van der Waals surface area contributed by atoms with E-state index in [9.17, 15) is 4.79 Å². The van der Waals surface area contributed by atoms with Gasteiger partial charge in [-0.05, 0) is 55.8 Å². The predicted molar refractivity (Wildman–Crippen MR) is 124 cm³/mol. The van der Waals surface area contributed by atoms with Crippen LogP contribution in [-0.4, -0.2) is 30.5 Å². The third-order valence-electron chi connectivity index (χ3n) is 5.32. The second-order valence-corrected chi connectivity index (χ2v) is 7.69. The molecule has 5 aromatic rings. The lowest BCUT2D eigenvalue weighted by Gasteiger charge is -2.09. The van der Waals surface area contributed by atoms with E-state index in [1.54, 1.807) is 10.9 Å². The van der Waals surface area contributed by atoms with Gasteiger partial charge in [-0.2, -0.15) is 10.2 Å². The highest BCUT2D eigenvalue weighted by molar-refractivity contribution is 6.12. The van der Waals surface area contributed by atoms with Crippen molar-refractivity contribution in [3.63, 3.8) is 0 Å². The average Bonchev–Trinajstić information content (AvgIpc) is 3.43. The molecule has 0 aliphatic carbocycles. The van der Waals surface area contributed by atoms with Crippen LogP contribution in [0.15, 0.2) is 79.1 Å². The van der Waals surface area contributed by atoms with Crippen LogP contribution < -0.4 is 5.32 Å². The molecule has 1 N–H and O–H groups in total. The van der Waals surface area contributed by atoms with Crippen LogP contribution in [0, 0.1) is 13.8 Å². The van der Waals surface area contributed by atoms with Gasteiger partial charge in [-0.1, -0.05) is 30.3 Å². The number of carbonyl (C=O) groups excluding carboxylic acids is 1. The molecule has 1 amide bonds. The first-order valence-electron chi connectivity index (χ1n) is 10.4. The highest BCUT2D eigenvalue weighted by atomic mass is 16.1. The van der Waals surface area contributed by atoms with Crippen molar-refractivity contribution in [1.82, 2.24) is 24.5 Å². The summed E-state index contributed by atoms with van der Waals surface area (Å²) in [6.45, 7) is 4.40. The molecule has 3 heterocycles. The Hall–Kier alpha value is -4.26. The number of aryl methyl sites for hydroxylation is 2. The molecule has 0 saturated heterocycles. The lowest BCUT2D eigenvalue weighted by atomic mass is 10.1. The molecular formula is C25H22N6O. The Labute approximate surface area is 185 Å². The number of benzene rings is 2. The quantitative estimate of drug-likeness (QED) is 0.451. The molecule has 7 nitrogen and oxygen atoms in total. The summed E-state index contributed by atoms with van der Waals surface area (Å²) in [5.41, 5.74) is 5.60. The molecule has 7 heteroatoms. The first-order chi connectivity index (χ1) is 15.6. The number of carbonyl (C=O) groups is 1. The number of rotatable bonds is 5. The number of pyridine rings is 1. The van der Waals surface area contributed by atoms with Crippen LogP contribution in [0.1, 0.15) is 27.3 Å². The number of nitrogens with zero attached hydrogens (tertiary/aromatic N) is 5. The summed E-state index contributed by atoms with van der Waals surface area (Å²) in [5.74, 6) is -0.185. The minimum absolute atomic E-state index is 0.185. The van der Waals surface area contributed by atoms with Crippen molar-refractivity contribution in [1.29, 1.82) is 0 Å². The molecule has 32 heavy (non-hydrogen) atoms. The number of fused-ring (bicyclic) bond motifs is 1. The molecule has 0 spiro atoms. The highest BCUT2D eigenvalue weighted by Gasteiger charge is 2.19. The Kier molecular flexibility index (Phi) is 4.99. The first kappa shape index (κ1) is 19.7. The van der Waals surface area contributed by atoms with Crippen LogP contribution in [-0.2, 0) is 6.54 Å². The van der Waals surface area contributed by atoms with Crippen molar-refractivity contribution >= 4 is 22.6 Å². The topological polar surface area (TPSA) is 77.6 Å². The van der Waals surface area contributed by atoms with Gasteiger partial charge in [-0.25, -0.2) is 14.3 Å². The van der Waals surface area contributed by atoms with Crippen LogP contribution in [0.3, 0.4) is 0 Å². The highest BCUT2D eigenvalue weighted by Crippen LogP contribution is 2.24. The third-order valence-corrected chi connectivity index (χ3v) is 5.32. The van der Waals surface area contributed by atoms with E-state index in [1.165, 1.54) is 0 Å². The molecule has 0 radical (unpaired) electrons. The van der Waals surface area contributed by atoms with E-state index in [0.29, 0.717) is 23.4 Å². The maximum Gasteiger partial charge on any atom is 0.256 e. The van der Waals surface area contributed by atoms with Crippen molar-refractivity contribution in [2.24, 2.45) is 0 Å². The van der Waals surface area contributed by atoms with Gasteiger partial charge in [-0.3, -0.25) is 4.79 Å². The van der Waals surface area contributed by atoms with Gasteiger partial charge < -0.3 is 5.32 Å². The predicted octanol–water partition coefficient (Wildman–Crippen LogP) is 4.53. The number of hydrogen-bond donors (Lipinski definition) is 1. The zero-order chi connectivity index (χ0) is 22.1. The maximum atomic E-state index is 13.2. The monoisotopic (exact) mass is 422 g/mol. The first-order valence-corrected chi connectivity index (χ1v) is 10.4. The summed E-state index contributed by atoms with van der Waals surface area (Å²) >= 11 is 0. The van der Waals surface area contributed by atoms with E-state index in [-0.39, 0.29) is 5.91 Å². The second kappa shape index (κ2) is 8.11. The largest absolute Gasteiger partial charge is 0.322 e. The summed E-state index contributed by atoms with van der Waals surface area (Å²) in [4.78, 5) is 17.9. The number of anilines is 1. The third kappa shape index (κ3) is 3.76. The molecule has 0 atom stereocenters. The average molecular weight is 422 g/mol. The smallest absolute Gasteiger partial charge is 0.256 e. The lowest BCUT2D eigenvalue weighted by molar-refractivity contribution is 0.102. The van der Waals surface area contributed by atoms with Crippen LogP contribution in [0.25, 0.3) is 16.7 Å². The lowest BCUT2D eigenvalue weighted by Crippen LogP contribution is -2.13. The van der Waals surface area contributed by atoms with E-state index in [2.05, 4.69) is 27.6 Å². The molecule has 158 valence electrons. The molecule has 3 aromatic heterocycles. The second-order valence-electron chi connectivity index (χ2n) is 7.69. The van der Waals surface area contributed by atoms with Crippen molar-refractivity contribution in [2.75, 3.05) is 5.32 Å².